The highest BCUT2D eigenvalue weighted by atomic mass is 35.5. The summed E-state index contributed by atoms with van der Waals surface area (Å²) in [6, 6.07) is 17.7. The van der Waals surface area contributed by atoms with Crippen LogP contribution in [0.2, 0.25) is 10.0 Å². The third-order valence-corrected chi connectivity index (χ3v) is 5.71. The van der Waals surface area contributed by atoms with E-state index in [-0.39, 0.29) is 0 Å². The fourth-order valence-electron chi connectivity index (χ4n) is 2.55. The molecule has 0 aliphatic heterocycles. The predicted molar refractivity (Wildman–Crippen MR) is 111 cm³/mol. The number of benzene rings is 2. The van der Waals surface area contributed by atoms with Gasteiger partial charge in [-0.1, -0.05) is 53.2 Å². The van der Waals surface area contributed by atoms with E-state index < -0.39 is 0 Å². The van der Waals surface area contributed by atoms with E-state index in [4.69, 9.17) is 23.2 Å². The fourth-order valence-corrected chi connectivity index (χ4v) is 3.63. The van der Waals surface area contributed by atoms with E-state index in [9.17, 15) is 0 Å². The van der Waals surface area contributed by atoms with Gasteiger partial charge in [0.1, 0.15) is 5.03 Å². The third kappa shape index (κ3) is 4.33. The molecule has 0 atom stereocenters. The van der Waals surface area contributed by atoms with E-state index in [2.05, 4.69) is 15.2 Å². The number of halogens is 2. The quantitative estimate of drug-likeness (QED) is 0.381. The Labute approximate surface area is 171 Å². The molecule has 7 heteroatoms. The molecule has 0 aliphatic carbocycles. The summed E-state index contributed by atoms with van der Waals surface area (Å²) in [6.07, 6.45) is 5.44. The van der Waals surface area contributed by atoms with Gasteiger partial charge in [-0.3, -0.25) is 0 Å². The topological polar surface area (TPSA) is 43.6 Å². The van der Waals surface area contributed by atoms with Gasteiger partial charge in [0.05, 0.1) is 22.1 Å². The van der Waals surface area contributed by atoms with Crippen LogP contribution in [0.15, 0.2) is 78.3 Å². The Balaban J connectivity index is 1.43. The molecule has 0 unspecified atom stereocenters. The highest BCUT2D eigenvalue weighted by molar-refractivity contribution is 7.98. The van der Waals surface area contributed by atoms with E-state index in [1.165, 1.54) is 0 Å². The van der Waals surface area contributed by atoms with Crippen LogP contribution < -0.4 is 0 Å². The Morgan fingerprint density at radius 3 is 2.41 bits per heavy atom. The molecule has 0 saturated heterocycles. The van der Waals surface area contributed by atoms with Crippen LogP contribution in [-0.4, -0.2) is 19.7 Å². The number of rotatable bonds is 5. The van der Waals surface area contributed by atoms with Crippen molar-refractivity contribution >= 4 is 35.0 Å². The second-order valence-corrected chi connectivity index (χ2v) is 7.62. The van der Waals surface area contributed by atoms with Gasteiger partial charge < -0.3 is 4.57 Å². The van der Waals surface area contributed by atoms with Crippen LogP contribution in [0.3, 0.4) is 0 Å². The molecule has 4 rings (SSSR count). The Morgan fingerprint density at radius 1 is 0.889 bits per heavy atom. The number of hydrogen-bond acceptors (Lipinski definition) is 4. The van der Waals surface area contributed by atoms with Gasteiger partial charge in [-0.2, -0.15) is 0 Å². The van der Waals surface area contributed by atoms with Gasteiger partial charge in [0.25, 0.3) is 0 Å². The zero-order valence-electron chi connectivity index (χ0n) is 14.1. The van der Waals surface area contributed by atoms with Crippen molar-refractivity contribution in [3.05, 3.63) is 88.9 Å². The molecule has 0 amide bonds. The average molecular weight is 413 g/mol. The number of imidazole rings is 1. The molecule has 2 heterocycles. The highest BCUT2D eigenvalue weighted by Crippen LogP contribution is 2.27. The van der Waals surface area contributed by atoms with E-state index in [1.54, 1.807) is 24.3 Å². The second-order valence-electron chi connectivity index (χ2n) is 5.81. The summed E-state index contributed by atoms with van der Waals surface area (Å²) in [5, 5.41) is 10.7. The van der Waals surface area contributed by atoms with Gasteiger partial charge >= 0.3 is 0 Å². The van der Waals surface area contributed by atoms with Crippen LogP contribution in [0.25, 0.3) is 16.9 Å². The summed E-state index contributed by atoms with van der Waals surface area (Å²) in [5.74, 6) is 0.754. The summed E-state index contributed by atoms with van der Waals surface area (Å²) in [7, 11) is 0. The lowest BCUT2D eigenvalue weighted by Gasteiger charge is -2.06. The molecule has 4 aromatic rings. The minimum absolute atomic E-state index is 0.564. The van der Waals surface area contributed by atoms with E-state index in [1.807, 2.05) is 65.4 Å². The lowest BCUT2D eigenvalue weighted by molar-refractivity contribution is 0.935. The third-order valence-electron chi connectivity index (χ3n) is 3.98. The van der Waals surface area contributed by atoms with Crippen LogP contribution in [0.5, 0.6) is 0 Å². The molecule has 0 saturated carbocycles. The monoisotopic (exact) mass is 412 g/mol. The predicted octanol–water partition coefficient (Wildman–Crippen LogP) is 5.93. The summed E-state index contributed by atoms with van der Waals surface area (Å²) < 4.78 is 1.96. The first-order valence-electron chi connectivity index (χ1n) is 8.18. The van der Waals surface area contributed by atoms with E-state index >= 15 is 0 Å². The first kappa shape index (κ1) is 18.0. The lowest BCUT2D eigenvalue weighted by Crippen LogP contribution is -1.92. The molecule has 0 N–H and O–H groups in total. The molecule has 134 valence electrons. The second kappa shape index (κ2) is 8.13. The van der Waals surface area contributed by atoms with Crippen molar-refractivity contribution in [3.63, 3.8) is 0 Å². The van der Waals surface area contributed by atoms with Crippen LogP contribution in [0, 0.1) is 0 Å². The summed E-state index contributed by atoms with van der Waals surface area (Å²) in [4.78, 5) is 4.06. The smallest absolute Gasteiger partial charge is 0.119 e. The number of aromatic nitrogens is 4. The van der Waals surface area contributed by atoms with Crippen molar-refractivity contribution in [2.75, 3.05) is 0 Å². The normalized spacial score (nSPS) is 10.9. The maximum atomic E-state index is 6.05. The molecular formula is C20H14Cl2N4S. The van der Waals surface area contributed by atoms with Crippen molar-refractivity contribution in [2.45, 2.75) is 10.8 Å². The van der Waals surface area contributed by atoms with Gasteiger partial charge in [-0.05, 0) is 42.0 Å². The number of thioether (sulfide) groups is 1. The van der Waals surface area contributed by atoms with Crippen molar-refractivity contribution in [3.8, 4) is 16.9 Å². The summed E-state index contributed by atoms with van der Waals surface area (Å²) >= 11 is 13.6. The maximum Gasteiger partial charge on any atom is 0.119 e. The molecule has 27 heavy (non-hydrogen) atoms. The lowest BCUT2D eigenvalue weighted by atomic mass is 10.1. The van der Waals surface area contributed by atoms with Gasteiger partial charge in [0.15, 0.2) is 0 Å². The van der Waals surface area contributed by atoms with Crippen molar-refractivity contribution in [1.29, 1.82) is 0 Å². The highest BCUT2D eigenvalue weighted by Gasteiger charge is 2.05. The first-order valence-corrected chi connectivity index (χ1v) is 9.92. The maximum absolute atomic E-state index is 6.05. The molecule has 2 aromatic carbocycles. The van der Waals surface area contributed by atoms with Gasteiger partial charge in [-0.25, -0.2) is 4.98 Å². The van der Waals surface area contributed by atoms with Crippen molar-refractivity contribution < 1.29 is 0 Å². The molecule has 0 radical (unpaired) electrons. The van der Waals surface area contributed by atoms with Crippen LogP contribution >= 0.6 is 35.0 Å². The van der Waals surface area contributed by atoms with E-state index in [0.717, 1.165) is 33.3 Å². The Hall–Kier alpha value is -2.34. The molecule has 0 aliphatic rings. The largest absolute Gasteiger partial charge is 0.306 e. The summed E-state index contributed by atoms with van der Waals surface area (Å²) in [5.41, 5.74) is 4.01. The Bertz CT molecular complexity index is 1030. The minimum atomic E-state index is 0.564. The Kier molecular flexibility index (Phi) is 5.43. The molecule has 2 aromatic heterocycles. The standard InChI is InChI=1S/C20H14Cl2N4S/c21-17-6-1-14(11-18(17)22)12-27-20-8-7-19(24-25-20)15-2-4-16(5-3-15)26-10-9-23-13-26/h1-11,13H,12H2. The van der Waals surface area contributed by atoms with Crippen molar-refractivity contribution in [2.24, 2.45) is 0 Å². The SMILES string of the molecule is Clc1ccc(CSc2ccc(-c3ccc(-n4ccnc4)cc3)nn2)cc1Cl. The summed E-state index contributed by atoms with van der Waals surface area (Å²) in [6.45, 7) is 0. The number of nitrogens with zero attached hydrogens (tertiary/aromatic N) is 4. The molecule has 0 fully saturated rings. The zero-order chi connectivity index (χ0) is 18.6. The van der Waals surface area contributed by atoms with E-state index in [0.29, 0.717) is 10.0 Å². The van der Waals surface area contributed by atoms with Crippen LogP contribution in [0.4, 0.5) is 0 Å². The van der Waals surface area contributed by atoms with Crippen LogP contribution in [-0.2, 0) is 5.75 Å². The first-order chi connectivity index (χ1) is 13.2. The zero-order valence-corrected chi connectivity index (χ0v) is 16.4. The van der Waals surface area contributed by atoms with Gasteiger partial charge in [0.2, 0.25) is 0 Å². The molecule has 0 bridgehead atoms. The minimum Gasteiger partial charge on any atom is -0.306 e. The Morgan fingerprint density at radius 2 is 1.74 bits per heavy atom. The molecular weight excluding hydrogens is 399 g/mol. The van der Waals surface area contributed by atoms with Crippen molar-refractivity contribution in [1.82, 2.24) is 19.7 Å². The van der Waals surface area contributed by atoms with Gasteiger partial charge in [-0.15, -0.1) is 10.2 Å². The average Bonchev–Trinajstić information content (AvgIpc) is 3.24. The molecule has 0 spiro atoms. The fraction of sp³-hybridized carbons (Fsp3) is 0.0500. The number of hydrogen-bond donors (Lipinski definition) is 0. The molecule has 4 nitrogen and oxygen atoms in total. The van der Waals surface area contributed by atoms with Crippen LogP contribution in [0.1, 0.15) is 5.56 Å². The van der Waals surface area contributed by atoms with Gasteiger partial charge in [0, 0.05) is 29.4 Å².